The van der Waals surface area contributed by atoms with E-state index in [-0.39, 0.29) is 6.54 Å². The fraction of sp³-hybridized carbons (Fsp3) is 0.609. The van der Waals surface area contributed by atoms with Gasteiger partial charge in [0.1, 0.15) is 5.60 Å². The summed E-state index contributed by atoms with van der Waals surface area (Å²) < 4.78 is 17.5. The maximum Gasteiger partial charge on any atom is 0.494 e. The normalized spacial score (nSPS) is 17.2. The van der Waals surface area contributed by atoms with Crippen molar-refractivity contribution in [1.29, 1.82) is 0 Å². The number of ether oxygens (including phenoxy) is 1. The molecule has 1 heterocycles. The summed E-state index contributed by atoms with van der Waals surface area (Å²) in [7, 11) is 1.07. The van der Waals surface area contributed by atoms with E-state index in [0.29, 0.717) is 16.8 Å². The predicted molar refractivity (Wildman–Crippen MR) is 129 cm³/mol. The zero-order valence-corrected chi connectivity index (χ0v) is 21.1. The number of hydrogen-bond acceptors (Lipinski definition) is 7. The van der Waals surface area contributed by atoms with Gasteiger partial charge < -0.3 is 24.8 Å². The lowest BCUT2D eigenvalue weighted by Gasteiger charge is -2.32. The second-order valence-corrected chi connectivity index (χ2v) is 9.19. The molecule has 1 aromatic rings. The molecule has 0 aliphatic carbocycles. The van der Waals surface area contributed by atoms with Crippen molar-refractivity contribution in [3.05, 3.63) is 29.3 Å². The topological polar surface area (TPSA) is 98.2 Å². The van der Waals surface area contributed by atoms with Gasteiger partial charge in [0.25, 0.3) is 0 Å². The predicted octanol–water partition coefficient (Wildman–Crippen LogP) is 3.27. The van der Waals surface area contributed by atoms with Gasteiger partial charge >= 0.3 is 13.2 Å². The van der Waals surface area contributed by atoms with Crippen molar-refractivity contribution in [3.63, 3.8) is 0 Å². The Kier molecular flexibility index (Phi) is 9.47. The molecule has 1 amide bonds. The number of rotatable bonds is 6. The van der Waals surface area contributed by atoms with Crippen LogP contribution in [-0.4, -0.2) is 55.6 Å². The lowest BCUT2D eigenvalue weighted by molar-refractivity contribution is 0.00578. The number of benzene rings is 1. The second kappa shape index (κ2) is 11.0. The number of carbonyl (C=O) groups excluding carboxylic acids is 2. The Morgan fingerprint density at radius 1 is 1.16 bits per heavy atom. The van der Waals surface area contributed by atoms with Crippen molar-refractivity contribution in [1.82, 2.24) is 10.7 Å². The maximum atomic E-state index is 12.1. The average molecular weight is 447 g/mol. The van der Waals surface area contributed by atoms with Gasteiger partial charge in [0.15, 0.2) is 6.29 Å². The molecule has 8 nitrogen and oxygen atoms in total. The van der Waals surface area contributed by atoms with Crippen molar-refractivity contribution in [2.45, 2.75) is 79.1 Å². The Morgan fingerprint density at radius 2 is 1.72 bits per heavy atom. The quantitative estimate of drug-likeness (QED) is 0.301. The molecular formula is C23H38BN3O5. The summed E-state index contributed by atoms with van der Waals surface area (Å²) >= 11 is 0. The van der Waals surface area contributed by atoms with Crippen LogP contribution in [0.5, 0.6) is 0 Å². The molecule has 1 saturated heterocycles. The van der Waals surface area contributed by atoms with Crippen molar-refractivity contribution < 1.29 is 23.6 Å². The van der Waals surface area contributed by atoms with Gasteiger partial charge in [0.2, 0.25) is 0 Å². The first kappa shape index (κ1) is 27.6. The molecule has 0 spiro atoms. The summed E-state index contributed by atoms with van der Waals surface area (Å²) in [5.41, 5.74) is 3.38. The highest BCUT2D eigenvalue weighted by atomic mass is 16.7. The first-order valence-electron chi connectivity index (χ1n) is 10.9. The molecule has 178 valence electrons. The highest BCUT2D eigenvalue weighted by molar-refractivity contribution is 6.62. The van der Waals surface area contributed by atoms with Gasteiger partial charge in [-0.1, -0.05) is 32.0 Å². The van der Waals surface area contributed by atoms with Crippen LogP contribution in [0.2, 0.25) is 0 Å². The zero-order chi connectivity index (χ0) is 24.7. The largest absolute Gasteiger partial charge is 0.494 e. The number of aldehydes is 1. The molecule has 1 aliphatic heterocycles. The van der Waals surface area contributed by atoms with E-state index in [9.17, 15) is 9.59 Å². The van der Waals surface area contributed by atoms with E-state index in [1.165, 1.54) is 0 Å². The van der Waals surface area contributed by atoms with Crippen molar-refractivity contribution in [2.75, 3.05) is 13.6 Å². The highest BCUT2D eigenvalue weighted by Gasteiger charge is 2.51. The molecule has 0 radical (unpaired) electrons. The number of nitrogens with zero attached hydrogens (tertiary/aromatic N) is 1. The standard InChI is InChI=1S/C21H32BN3O5.C2H6/c1-19(2,3)28-18(27)24-12-17(25-23-8)16-11-15(10-9-14(16)13-26)22-29-20(4,5)21(6,7)30-22;1-2/h9-11,13,23H,12H2,1-8H3,(H,24,27);1-2H3/b25-17-;. The zero-order valence-electron chi connectivity index (χ0n) is 21.1. The maximum absolute atomic E-state index is 12.1. The Morgan fingerprint density at radius 3 is 2.19 bits per heavy atom. The van der Waals surface area contributed by atoms with E-state index >= 15 is 0 Å². The van der Waals surface area contributed by atoms with Crippen LogP contribution in [0, 0.1) is 0 Å². The van der Waals surface area contributed by atoms with Crippen LogP contribution < -0.4 is 16.2 Å². The molecular weight excluding hydrogens is 409 g/mol. The first-order valence-corrected chi connectivity index (χ1v) is 10.9. The van der Waals surface area contributed by atoms with Crippen LogP contribution in [0.3, 0.4) is 0 Å². The van der Waals surface area contributed by atoms with Gasteiger partial charge in [0.05, 0.1) is 23.5 Å². The third-order valence-electron chi connectivity index (χ3n) is 5.09. The van der Waals surface area contributed by atoms with Crippen molar-refractivity contribution in [2.24, 2.45) is 5.10 Å². The summed E-state index contributed by atoms with van der Waals surface area (Å²) in [5, 5.41) is 6.93. The average Bonchev–Trinajstić information content (AvgIpc) is 2.92. The third-order valence-corrected chi connectivity index (χ3v) is 5.09. The molecule has 0 bridgehead atoms. The Hall–Kier alpha value is -2.39. The fourth-order valence-electron chi connectivity index (χ4n) is 2.85. The molecule has 1 fully saturated rings. The van der Waals surface area contributed by atoms with Crippen LogP contribution in [0.25, 0.3) is 0 Å². The van der Waals surface area contributed by atoms with Crippen molar-refractivity contribution >= 4 is 30.7 Å². The lowest BCUT2D eigenvalue weighted by atomic mass is 9.77. The Bertz CT molecular complexity index is 815. The van der Waals surface area contributed by atoms with Crippen LogP contribution in [0.4, 0.5) is 4.79 Å². The molecule has 2 N–H and O–H groups in total. The number of carbonyl (C=O) groups is 2. The molecule has 1 aliphatic rings. The SMILES string of the molecule is CC.CN/N=C(/CNC(=O)OC(C)(C)C)c1cc(B2OC(C)(C)C(C)(C)O2)ccc1C=O. The van der Waals surface area contributed by atoms with Gasteiger partial charge in [-0.25, -0.2) is 4.79 Å². The first-order chi connectivity index (χ1) is 14.8. The van der Waals surface area contributed by atoms with E-state index in [4.69, 9.17) is 14.0 Å². The van der Waals surface area contributed by atoms with Gasteiger partial charge in [-0.05, 0) is 53.9 Å². The molecule has 0 saturated carbocycles. The summed E-state index contributed by atoms with van der Waals surface area (Å²) in [6.45, 7) is 17.3. The summed E-state index contributed by atoms with van der Waals surface area (Å²) in [5.74, 6) is 0. The number of nitrogens with one attached hydrogen (secondary N) is 2. The van der Waals surface area contributed by atoms with Crippen molar-refractivity contribution in [3.8, 4) is 0 Å². The van der Waals surface area contributed by atoms with E-state index < -0.39 is 30.0 Å². The van der Waals surface area contributed by atoms with Crippen LogP contribution in [0.15, 0.2) is 23.3 Å². The molecule has 0 atom stereocenters. The minimum atomic E-state index is -0.616. The molecule has 9 heteroatoms. The number of hydrogen-bond donors (Lipinski definition) is 2. The second-order valence-electron chi connectivity index (χ2n) is 9.19. The molecule has 0 aromatic heterocycles. The molecule has 2 rings (SSSR count). The van der Waals surface area contributed by atoms with E-state index in [0.717, 1.165) is 11.7 Å². The van der Waals surface area contributed by atoms with E-state index in [1.54, 1.807) is 46.0 Å². The fourth-order valence-corrected chi connectivity index (χ4v) is 2.85. The van der Waals surface area contributed by atoms with Crippen LogP contribution in [0.1, 0.15) is 78.2 Å². The van der Waals surface area contributed by atoms with Gasteiger partial charge in [-0.15, -0.1) is 0 Å². The minimum absolute atomic E-state index is 0.0728. The van der Waals surface area contributed by atoms with Crippen LogP contribution >= 0.6 is 0 Å². The van der Waals surface area contributed by atoms with Gasteiger partial charge in [-0.2, -0.15) is 5.10 Å². The molecule has 0 unspecified atom stereocenters. The van der Waals surface area contributed by atoms with E-state index in [2.05, 4.69) is 15.8 Å². The van der Waals surface area contributed by atoms with Gasteiger partial charge in [-0.3, -0.25) is 4.79 Å². The number of amides is 1. The van der Waals surface area contributed by atoms with E-state index in [1.807, 2.05) is 41.5 Å². The summed E-state index contributed by atoms with van der Waals surface area (Å²) in [6, 6.07) is 5.30. The minimum Gasteiger partial charge on any atom is -0.444 e. The monoisotopic (exact) mass is 447 g/mol. The smallest absolute Gasteiger partial charge is 0.444 e. The number of alkyl carbamates (subject to hydrolysis) is 1. The summed E-state index contributed by atoms with van der Waals surface area (Å²) in [4.78, 5) is 23.7. The molecule has 32 heavy (non-hydrogen) atoms. The lowest BCUT2D eigenvalue weighted by Crippen LogP contribution is -2.41. The van der Waals surface area contributed by atoms with Crippen LogP contribution in [-0.2, 0) is 14.0 Å². The van der Waals surface area contributed by atoms with Gasteiger partial charge in [0, 0.05) is 18.2 Å². The number of hydrazone groups is 1. The highest BCUT2D eigenvalue weighted by Crippen LogP contribution is 2.36. The Balaban J connectivity index is 0.00000249. The third kappa shape index (κ3) is 7.07. The summed E-state index contributed by atoms with van der Waals surface area (Å²) in [6.07, 6.45) is 0.184. The molecule has 1 aromatic carbocycles. The Labute approximate surface area is 192 Å².